The van der Waals surface area contributed by atoms with Crippen molar-refractivity contribution in [3.63, 3.8) is 0 Å². The molecule has 1 aromatic rings. The summed E-state index contributed by atoms with van der Waals surface area (Å²) in [7, 11) is 0. The maximum Gasteiger partial charge on any atom is 0.325 e. The number of nitrogens with zero attached hydrogens (tertiary/aromatic N) is 2. The number of nitrogens with one attached hydrogen (secondary N) is 1. The minimum absolute atomic E-state index is 0.0675. The minimum atomic E-state index is -1.19. The number of amides is 3. The van der Waals surface area contributed by atoms with Crippen molar-refractivity contribution >= 4 is 35.1 Å². The van der Waals surface area contributed by atoms with Gasteiger partial charge in [0.1, 0.15) is 5.54 Å². The number of urea groups is 1. The van der Waals surface area contributed by atoms with E-state index in [4.69, 9.17) is 28.5 Å². The smallest absolute Gasteiger partial charge is 0.319 e. The zero-order chi connectivity index (χ0) is 14.9. The van der Waals surface area contributed by atoms with Gasteiger partial charge in [0.2, 0.25) is 0 Å². The lowest BCUT2D eigenvalue weighted by Gasteiger charge is -2.22. The Labute approximate surface area is 126 Å². The monoisotopic (exact) mass is 311 g/mol. The molecule has 0 saturated carbocycles. The summed E-state index contributed by atoms with van der Waals surface area (Å²) in [5, 5.41) is 11.9. The molecule has 1 atom stereocenters. The van der Waals surface area contributed by atoms with Gasteiger partial charge in [0.25, 0.3) is 5.91 Å². The van der Waals surface area contributed by atoms with E-state index < -0.39 is 17.5 Å². The van der Waals surface area contributed by atoms with Crippen LogP contribution in [0.2, 0.25) is 10.0 Å². The van der Waals surface area contributed by atoms with Gasteiger partial charge < -0.3 is 5.32 Å². The van der Waals surface area contributed by atoms with Crippen molar-refractivity contribution in [3.05, 3.63) is 33.8 Å². The van der Waals surface area contributed by atoms with E-state index in [0.29, 0.717) is 15.6 Å². The summed E-state index contributed by atoms with van der Waals surface area (Å²) in [6, 6.07) is 6.15. The molecule has 0 spiro atoms. The molecule has 1 N–H and O–H groups in total. The molecule has 7 heteroatoms. The average Bonchev–Trinajstić information content (AvgIpc) is 2.62. The normalized spacial score (nSPS) is 21.8. The van der Waals surface area contributed by atoms with Gasteiger partial charge in [0.05, 0.1) is 22.5 Å². The van der Waals surface area contributed by atoms with Crippen LogP contribution < -0.4 is 5.32 Å². The number of rotatable bonds is 3. The Balaban J connectivity index is 2.36. The highest BCUT2D eigenvalue weighted by Gasteiger charge is 2.48. The number of carbonyl (C=O) groups excluding carboxylic acids is 2. The van der Waals surface area contributed by atoms with Gasteiger partial charge in [0, 0.05) is 6.54 Å². The highest BCUT2D eigenvalue weighted by atomic mass is 35.5. The van der Waals surface area contributed by atoms with E-state index in [1.165, 1.54) is 0 Å². The Hall–Kier alpha value is -1.77. The van der Waals surface area contributed by atoms with Crippen molar-refractivity contribution in [1.82, 2.24) is 10.2 Å². The molecule has 1 fully saturated rings. The maximum atomic E-state index is 12.4. The van der Waals surface area contributed by atoms with Crippen LogP contribution >= 0.6 is 23.2 Å². The van der Waals surface area contributed by atoms with Gasteiger partial charge in [0.15, 0.2) is 0 Å². The van der Waals surface area contributed by atoms with Crippen LogP contribution in [-0.2, 0) is 10.3 Å². The van der Waals surface area contributed by atoms with Gasteiger partial charge in [-0.25, -0.2) is 4.79 Å². The topological polar surface area (TPSA) is 73.2 Å². The van der Waals surface area contributed by atoms with Crippen molar-refractivity contribution in [2.75, 3.05) is 6.54 Å². The Bertz CT molecular complexity index is 627. The number of nitriles is 1. The molecule has 1 unspecified atom stereocenters. The standard InChI is InChI=1S/C13H11Cl2N3O2/c1-13(8-3-4-9(14)10(15)7-8)11(19)18(6-2-5-16)12(20)17-13/h3-4,7H,2,6H2,1H3,(H,17,20). The zero-order valence-corrected chi connectivity index (χ0v) is 12.1. The molecule has 2 rings (SSSR count). The number of hydrogen-bond acceptors (Lipinski definition) is 3. The summed E-state index contributed by atoms with van der Waals surface area (Å²) in [4.78, 5) is 25.3. The Morgan fingerprint density at radius 1 is 1.35 bits per heavy atom. The lowest BCUT2D eigenvalue weighted by atomic mass is 9.92. The van der Waals surface area contributed by atoms with Crippen LogP contribution in [0.4, 0.5) is 4.79 Å². The van der Waals surface area contributed by atoms with Crippen molar-refractivity contribution in [2.45, 2.75) is 18.9 Å². The summed E-state index contributed by atoms with van der Waals surface area (Å²) in [6.07, 6.45) is 0.0939. The molecular formula is C13H11Cl2N3O2. The molecule has 0 aliphatic carbocycles. The molecule has 1 aromatic carbocycles. The van der Waals surface area contributed by atoms with Crippen LogP contribution in [0.15, 0.2) is 18.2 Å². The molecule has 0 radical (unpaired) electrons. The predicted molar refractivity (Wildman–Crippen MR) is 74.3 cm³/mol. The molecule has 1 saturated heterocycles. The van der Waals surface area contributed by atoms with Crippen LogP contribution in [0.5, 0.6) is 0 Å². The second kappa shape index (κ2) is 5.31. The third-order valence-corrected chi connectivity index (χ3v) is 3.96. The first-order valence-corrected chi connectivity index (χ1v) is 6.62. The van der Waals surface area contributed by atoms with Gasteiger partial charge in [-0.15, -0.1) is 0 Å². The van der Waals surface area contributed by atoms with Crippen LogP contribution in [-0.4, -0.2) is 23.4 Å². The second-order valence-corrected chi connectivity index (χ2v) is 5.36. The summed E-state index contributed by atoms with van der Waals surface area (Å²) >= 11 is 11.8. The van der Waals surface area contributed by atoms with E-state index in [0.717, 1.165) is 4.90 Å². The van der Waals surface area contributed by atoms with E-state index >= 15 is 0 Å². The number of hydrogen-bond donors (Lipinski definition) is 1. The highest BCUT2D eigenvalue weighted by Crippen LogP contribution is 2.32. The second-order valence-electron chi connectivity index (χ2n) is 4.55. The summed E-state index contributed by atoms with van der Waals surface area (Å²) in [5.41, 5.74) is -0.648. The molecule has 1 aliphatic rings. The fraction of sp³-hybridized carbons (Fsp3) is 0.308. The van der Waals surface area contributed by atoms with E-state index in [1.807, 2.05) is 6.07 Å². The highest BCUT2D eigenvalue weighted by molar-refractivity contribution is 6.42. The first-order chi connectivity index (χ1) is 9.40. The van der Waals surface area contributed by atoms with Crippen LogP contribution in [0.1, 0.15) is 18.9 Å². The predicted octanol–water partition coefficient (Wildman–Crippen LogP) is 2.67. The first-order valence-electron chi connectivity index (χ1n) is 5.86. The number of imide groups is 1. The van der Waals surface area contributed by atoms with Gasteiger partial charge in [-0.1, -0.05) is 29.3 Å². The summed E-state index contributed by atoms with van der Waals surface area (Å²) < 4.78 is 0. The molecule has 1 heterocycles. The SMILES string of the molecule is CC1(c2ccc(Cl)c(Cl)c2)NC(=O)N(CCC#N)C1=O. The summed E-state index contributed by atoms with van der Waals surface area (Å²) in [6.45, 7) is 1.66. The van der Waals surface area contributed by atoms with Crippen molar-refractivity contribution < 1.29 is 9.59 Å². The Morgan fingerprint density at radius 2 is 2.05 bits per heavy atom. The third-order valence-electron chi connectivity index (χ3n) is 3.22. The van der Waals surface area contributed by atoms with Crippen LogP contribution in [0, 0.1) is 11.3 Å². The lowest BCUT2D eigenvalue weighted by molar-refractivity contribution is -0.131. The third kappa shape index (κ3) is 2.33. The number of carbonyl (C=O) groups is 2. The van der Waals surface area contributed by atoms with E-state index in [2.05, 4.69) is 5.32 Å². The van der Waals surface area contributed by atoms with E-state index in [1.54, 1.807) is 25.1 Å². The fourth-order valence-electron chi connectivity index (χ4n) is 2.06. The van der Waals surface area contributed by atoms with Gasteiger partial charge in [-0.3, -0.25) is 9.69 Å². The molecule has 5 nitrogen and oxygen atoms in total. The van der Waals surface area contributed by atoms with Crippen molar-refractivity contribution in [1.29, 1.82) is 5.26 Å². The largest absolute Gasteiger partial charge is 0.325 e. The zero-order valence-electron chi connectivity index (χ0n) is 10.6. The van der Waals surface area contributed by atoms with Gasteiger partial charge in [-0.2, -0.15) is 5.26 Å². The van der Waals surface area contributed by atoms with E-state index in [9.17, 15) is 9.59 Å². The average molecular weight is 312 g/mol. The minimum Gasteiger partial charge on any atom is -0.319 e. The lowest BCUT2D eigenvalue weighted by Crippen LogP contribution is -2.41. The Morgan fingerprint density at radius 3 is 2.65 bits per heavy atom. The number of benzene rings is 1. The summed E-state index contributed by atoms with van der Waals surface area (Å²) in [5.74, 6) is -0.406. The molecular weight excluding hydrogens is 301 g/mol. The van der Waals surface area contributed by atoms with Gasteiger partial charge in [-0.05, 0) is 24.6 Å². The fourth-order valence-corrected chi connectivity index (χ4v) is 2.36. The van der Waals surface area contributed by atoms with Gasteiger partial charge >= 0.3 is 6.03 Å². The quantitative estimate of drug-likeness (QED) is 0.872. The first kappa shape index (κ1) is 14.6. The molecule has 0 bridgehead atoms. The molecule has 1 aliphatic heterocycles. The maximum absolute atomic E-state index is 12.4. The molecule has 3 amide bonds. The Kier molecular flexibility index (Phi) is 3.89. The van der Waals surface area contributed by atoms with Crippen LogP contribution in [0.25, 0.3) is 0 Å². The van der Waals surface area contributed by atoms with E-state index in [-0.39, 0.29) is 13.0 Å². The van der Waals surface area contributed by atoms with Crippen LogP contribution in [0.3, 0.4) is 0 Å². The van der Waals surface area contributed by atoms with Crippen molar-refractivity contribution in [2.24, 2.45) is 0 Å². The van der Waals surface area contributed by atoms with Crippen molar-refractivity contribution in [3.8, 4) is 6.07 Å². The molecule has 0 aromatic heterocycles. The molecule has 20 heavy (non-hydrogen) atoms. The number of halogens is 2. The molecule has 104 valence electrons.